The van der Waals surface area contributed by atoms with Gasteiger partial charge in [0.25, 0.3) is 5.91 Å². The van der Waals surface area contributed by atoms with E-state index in [9.17, 15) is 9.59 Å². The lowest BCUT2D eigenvalue weighted by atomic mass is 10.1. The second kappa shape index (κ2) is 9.86. The molecule has 0 fully saturated rings. The normalized spacial score (nSPS) is 10.2. The van der Waals surface area contributed by atoms with Gasteiger partial charge in [0.2, 0.25) is 0 Å². The molecule has 148 valence electrons. The number of nitrogen functional groups attached to an aromatic ring is 1. The Morgan fingerprint density at radius 2 is 1.72 bits per heavy atom. The maximum Gasteiger partial charge on any atom is 0.431 e. The summed E-state index contributed by atoms with van der Waals surface area (Å²) in [7, 11) is 0. The minimum atomic E-state index is -0.703. The van der Waals surface area contributed by atoms with E-state index in [0.29, 0.717) is 16.9 Å². The average Bonchev–Trinajstić information content (AvgIpc) is 2.75. The highest BCUT2D eigenvalue weighted by Crippen LogP contribution is 2.18. The molecule has 3 rings (SSSR count). The smallest absolute Gasteiger partial charge is 0.431 e. The summed E-state index contributed by atoms with van der Waals surface area (Å²) in [5.41, 5.74) is 11.1. The van der Waals surface area contributed by atoms with Crippen molar-refractivity contribution in [3.63, 3.8) is 0 Å². The van der Waals surface area contributed by atoms with E-state index in [2.05, 4.69) is 15.8 Å². The highest BCUT2D eigenvalue weighted by Gasteiger charge is 2.08. The van der Waals surface area contributed by atoms with Crippen LogP contribution in [0.25, 0.3) is 0 Å². The zero-order chi connectivity index (χ0) is 20.5. The van der Waals surface area contributed by atoms with Crippen molar-refractivity contribution in [1.82, 2.24) is 10.5 Å². The Kier molecular flexibility index (Phi) is 6.75. The van der Waals surface area contributed by atoms with Crippen molar-refractivity contribution in [2.75, 3.05) is 11.1 Å². The monoisotopic (exact) mass is 392 g/mol. The number of nitrogens with two attached hydrogens (primary N) is 1. The number of carbonyl (C=O) groups is 2. The fourth-order valence-corrected chi connectivity index (χ4v) is 2.40. The quantitative estimate of drug-likeness (QED) is 0.420. The van der Waals surface area contributed by atoms with Crippen LogP contribution in [-0.2, 0) is 22.8 Å². The number of nitrogens with zero attached hydrogens (tertiary/aromatic N) is 1. The van der Waals surface area contributed by atoms with Crippen LogP contribution in [0.5, 0.6) is 0 Å². The van der Waals surface area contributed by atoms with Crippen LogP contribution in [-0.4, -0.2) is 17.0 Å². The number of hydroxylamine groups is 1. The lowest BCUT2D eigenvalue weighted by Gasteiger charge is -2.09. The SMILES string of the molecule is Nc1ccccc1NC(=O)c1ccc(CONC(=O)OCc2cccnc2)cc1. The molecule has 2 amide bonds. The van der Waals surface area contributed by atoms with Crippen LogP contribution in [0.15, 0.2) is 73.1 Å². The Hall–Kier alpha value is -3.91. The summed E-state index contributed by atoms with van der Waals surface area (Å²) >= 11 is 0. The van der Waals surface area contributed by atoms with Crippen LogP contribution in [0.2, 0.25) is 0 Å². The Morgan fingerprint density at radius 1 is 0.931 bits per heavy atom. The topological polar surface area (TPSA) is 116 Å². The Morgan fingerprint density at radius 3 is 2.45 bits per heavy atom. The van der Waals surface area contributed by atoms with E-state index in [0.717, 1.165) is 11.1 Å². The summed E-state index contributed by atoms with van der Waals surface area (Å²) in [5.74, 6) is -0.271. The van der Waals surface area contributed by atoms with E-state index in [1.807, 2.05) is 0 Å². The summed E-state index contributed by atoms with van der Waals surface area (Å²) in [5, 5.41) is 2.76. The third-order valence-electron chi connectivity index (χ3n) is 3.91. The highest BCUT2D eigenvalue weighted by atomic mass is 16.7. The first-order chi connectivity index (χ1) is 14.1. The predicted molar refractivity (Wildman–Crippen MR) is 108 cm³/mol. The highest BCUT2D eigenvalue weighted by molar-refractivity contribution is 6.05. The number of hydrogen-bond donors (Lipinski definition) is 3. The molecule has 4 N–H and O–H groups in total. The van der Waals surface area contributed by atoms with Gasteiger partial charge in [0.15, 0.2) is 0 Å². The van der Waals surface area contributed by atoms with E-state index in [4.69, 9.17) is 15.3 Å². The third-order valence-corrected chi connectivity index (χ3v) is 3.91. The molecular weight excluding hydrogens is 372 g/mol. The second-order valence-corrected chi connectivity index (χ2v) is 6.07. The van der Waals surface area contributed by atoms with Gasteiger partial charge in [-0.3, -0.25) is 14.6 Å². The Labute approximate surface area is 167 Å². The molecule has 8 heteroatoms. The first kappa shape index (κ1) is 19.8. The zero-order valence-corrected chi connectivity index (χ0v) is 15.5. The number of ether oxygens (including phenoxy) is 1. The molecule has 0 aliphatic rings. The molecule has 0 unspecified atom stereocenters. The number of para-hydroxylation sites is 2. The number of amides is 2. The molecule has 0 atom stereocenters. The number of aromatic nitrogens is 1. The molecule has 1 heterocycles. The van der Waals surface area contributed by atoms with Gasteiger partial charge in [-0.15, -0.1) is 0 Å². The van der Waals surface area contributed by atoms with Gasteiger partial charge in [0.1, 0.15) is 6.61 Å². The van der Waals surface area contributed by atoms with Crippen LogP contribution in [0.4, 0.5) is 16.2 Å². The minimum Gasteiger partial charge on any atom is -0.443 e. The molecule has 0 radical (unpaired) electrons. The zero-order valence-electron chi connectivity index (χ0n) is 15.5. The van der Waals surface area contributed by atoms with Gasteiger partial charge in [-0.1, -0.05) is 30.3 Å². The number of pyridine rings is 1. The van der Waals surface area contributed by atoms with Gasteiger partial charge in [0.05, 0.1) is 18.0 Å². The first-order valence-corrected chi connectivity index (χ1v) is 8.80. The van der Waals surface area contributed by atoms with Crippen molar-refractivity contribution in [3.05, 3.63) is 89.7 Å². The molecule has 29 heavy (non-hydrogen) atoms. The maximum absolute atomic E-state index is 12.3. The second-order valence-electron chi connectivity index (χ2n) is 6.07. The summed E-state index contributed by atoms with van der Waals surface area (Å²) < 4.78 is 5.00. The van der Waals surface area contributed by atoms with E-state index < -0.39 is 6.09 Å². The predicted octanol–water partition coefficient (Wildman–Crippen LogP) is 3.27. The number of hydrogen-bond acceptors (Lipinski definition) is 6. The van der Waals surface area contributed by atoms with Gasteiger partial charge in [-0.25, -0.2) is 4.79 Å². The van der Waals surface area contributed by atoms with Crippen LogP contribution < -0.4 is 16.5 Å². The van der Waals surface area contributed by atoms with Gasteiger partial charge >= 0.3 is 6.09 Å². The molecule has 0 saturated carbocycles. The van der Waals surface area contributed by atoms with Crippen LogP contribution in [0.1, 0.15) is 21.5 Å². The van der Waals surface area contributed by atoms with Crippen LogP contribution >= 0.6 is 0 Å². The van der Waals surface area contributed by atoms with Gasteiger partial charge in [-0.05, 0) is 35.9 Å². The van der Waals surface area contributed by atoms with Crippen molar-refractivity contribution in [2.45, 2.75) is 13.2 Å². The molecule has 2 aromatic carbocycles. The minimum absolute atomic E-state index is 0.0960. The third kappa shape index (κ3) is 6.05. The summed E-state index contributed by atoms with van der Waals surface area (Å²) in [6.07, 6.45) is 2.54. The van der Waals surface area contributed by atoms with E-state index in [1.165, 1.54) is 0 Å². The van der Waals surface area contributed by atoms with E-state index >= 15 is 0 Å². The van der Waals surface area contributed by atoms with Gasteiger partial charge < -0.3 is 15.8 Å². The summed E-state index contributed by atoms with van der Waals surface area (Å²) in [6, 6.07) is 17.4. The standard InChI is InChI=1S/C21H20N4O4/c22-18-5-1-2-6-19(18)24-20(26)17-9-7-15(8-10-17)14-29-25-21(27)28-13-16-4-3-11-23-12-16/h1-12H,13-14,22H2,(H,24,26)(H,25,27). The number of carbonyl (C=O) groups excluding carboxylic acids is 2. The molecule has 0 aliphatic heterocycles. The summed E-state index contributed by atoms with van der Waals surface area (Å²) in [4.78, 5) is 33.0. The lowest BCUT2D eigenvalue weighted by Crippen LogP contribution is -2.24. The lowest BCUT2D eigenvalue weighted by molar-refractivity contribution is 0.0161. The van der Waals surface area contributed by atoms with Crippen LogP contribution in [0.3, 0.4) is 0 Å². The maximum atomic E-state index is 12.3. The molecule has 3 aromatic rings. The first-order valence-electron chi connectivity index (χ1n) is 8.80. The summed E-state index contributed by atoms with van der Waals surface area (Å²) in [6.45, 7) is 0.217. The van der Waals surface area contributed by atoms with Gasteiger partial charge in [-0.2, -0.15) is 5.48 Å². The van der Waals surface area contributed by atoms with Crippen molar-refractivity contribution in [3.8, 4) is 0 Å². The molecule has 0 aliphatic carbocycles. The fourth-order valence-electron chi connectivity index (χ4n) is 2.40. The average molecular weight is 392 g/mol. The number of benzene rings is 2. The molecule has 0 spiro atoms. The van der Waals surface area contributed by atoms with Crippen molar-refractivity contribution >= 4 is 23.4 Å². The molecule has 1 aromatic heterocycles. The number of nitrogens with one attached hydrogen (secondary N) is 2. The molecule has 8 nitrogen and oxygen atoms in total. The molecule has 0 bridgehead atoms. The molecule has 0 saturated heterocycles. The van der Waals surface area contributed by atoms with E-state index in [-0.39, 0.29) is 19.1 Å². The van der Waals surface area contributed by atoms with Gasteiger partial charge in [0, 0.05) is 23.5 Å². The largest absolute Gasteiger partial charge is 0.443 e. The van der Waals surface area contributed by atoms with Crippen molar-refractivity contribution in [1.29, 1.82) is 0 Å². The van der Waals surface area contributed by atoms with Crippen LogP contribution in [0, 0.1) is 0 Å². The Bertz CT molecular complexity index is 962. The number of anilines is 2. The number of rotatable bonds is 7. The van der Waals surface area contributed by atoms with E-state index in [1.54, 1.807) is 73.1 Å². The molecular formula is C21H20N4O4. The van der Waals surface area contributed by atoms with Crippen molar-refractivity contribution < 1.29 is 19.2 Å². The Balaban J connectivity index is 1.42. The van der Waals surface area contributed by atoms with Crippen molar-refractivity contribution in [2.24, 2.45) is 0 Å². The fraction of sp³-hybridized carbons (Fsp3) is 0.0952.